The first-order valence-corrected chi connectivity index (χ1v) is 8.12. The fraction of sp³-hybridized carbons (Fsp3) is 0.0526. The molecule has 1 aromatic heterocycles. The number of carbonyl (C=O) groups is 1. The highest BCUT2D eigenvalue weighted by molar-refractivity contribution is 6.31. The van der Waals surface area contributed by atoms with E-state index in [1.54, 1.807) is 47.5 Å². The van der Waals surface area contributed by atoms with Gasteiger partial charge < -0.3 is 0 Å². The van der Waals surface area contributed by atoms with Gasteiger partial charge in [-0.05, 0) is 54.1 Å². The Labute approximate surface area is 150 Å². The Morgan fingerprint density at radius 1 is 0.875 bits per heavy atom. The Morgan fingerprint density at radius 2 is 1.50 bits per heavy atom. The van der Waals surface area contributed by atoms with E-state index < -0.39 is 0 Å². The van der Waals surface area contributed by atoms with Crippen molar-refractivity contribution in [3.05, 3.63) is 94.1 Å². The van der Waals surface area contributed by atoms with Crippen LogP contribution in [-0.2, 0) is 6.54 Å². The van der Waals surface area contributed by atoms with Gasteiger partial charge in [-0.1, -0.05) is 41.4 Å². The summed E-state index contributed by atoms with van der Waals surface area (Å²) in [5.41, 5.74) is 1.52. The molecule has 3 aromatic rings. The highest BCUT2D eigenvalue weighted by atomic mass is 35.5. The van der Waals surface area contributed by atoms with E-state index in [-0.39, 0.29) is 5.91 Å². The van der Waals surface area contributed by atoms with Gasteiger partial charge in [0.15, 0.2) is 0 Å². The fourth-order valence-corrected chi connectivity index (χ4v) is 2.54. The molecule has 0 atom stereocenters. The van der Waals surface area contributed by atoms with Crippen molar-refractivity contribution in [2.45, 2.75) is 6.54 Å². The molecule has 0 unspecified atom stereocenters. The third kappa shape index (κ3) is 3.94. The summed E-state index contributed by atoms with van der Waals surface area (Å²) in [5.74, 6) is 0.452. The van der Waals surface area contributed by atoms with Crippen molar-refractivity contribution in [1.29, 1.82) is 0 Å². The first kappa shape index (κ1) is 16.5. The number of anilines is 1. The molecule has 1 heterocycles. The van der Waals surface area contributed by atoms with Gasteiger partial charge in [0.1, 0.15) is 5.82 Å². The van der Waals surface area contributed by atoms with Crippen molar-refractivity contribution >= 4 is 34.9 Å². The average molecular weight is 357 g/mol. The van der Waals surface area contributed by atoms with E-state index >= 15 is 0 Å². The molecular weight excluding hydrogens is 343 g/mol. The zero-order valence-electron chi connectivity index (χ0n) is 12.7. The second-order valence-electron chi connectivity index (χ2n) is 5.21. The molecular formula is C19H14Cl2N2O. The molecule has 0 N–H and O–H groups in total. The largest absolute Gasteiger partial charge is 0.288 e. The van der Waals surface area contributed by atoms with Gasteiger partial charge in [0.05, 0.1) is 6.54 Å². The molecule has 0 fully saturated rings. The molecule has 3 nitrogen and oxygen atoms in total. The molecule has 1 amide bonds. The molecule has 0 saturated carbocycles. The van der Waals surface area contributed by atoms with Crippen LogP contribution in [0.1, 0.15) is 15.9 Å². The number of amides is 1. The van der Waals surface area contributed by atoms with Crippen LogP contribution in [0, 0.1) is 0 Å². The minimum Gasteiger partial charge on any atom is -0.288 e. The third-order valence-electron chi connectivity index (χ3n) is 3.52. The lowest BCUT2D eigenvalue weighted by atomic mass is 10.1. The number of nitrogens with zero attached hydrogens (tertiary/aromatic N) is 2. The molecule has 2 aromatic carbocycles. The summed E-state index contributed by atoms with van der Waals surface area (Å²) in [6, 6.07) is 19.7. The second kappa shape index (κ2) is 7.47. The van der Waals surface area contributed by atoms with Crippen molar-refractivity contribution in [3.63, 3.8) is 0 Å². The summed E-state index contributed by atoms with van der Waals surface area (Å²) >= 11 is 11.8. The molecule has 0 aliphatic rings. The summed E-state index contributed by atoms with van der Waals surface area (Å²) in [5, 5.41) is 1.25. The van der Waals surface area contributed by atoms with Crippen LogP contribution in [0.4, 0.5) is 5.82 Å². The molecule has 24 heavy (non-hydrogen) atoms. The van der Waals surface area contributed by atoms with Crippen molar-refractivity contribution in [2.24, 2.45) is 0 Å². The molecule has 0 radical (unpaired) electrons. The lowest BCUT2D eigenvalue weighted by molar-refractivity contribution is 0.0984. The first-order valence-electron chi connectivity index (χ1n) is 7.36. The quantitative estimate of drug-likeness (QED) is 0.640. The normalized spacial score (nSPS) is 10.4. The highest BCUT2D eigenvalue weighted by Crippen LogP contribution is 2.20. The van der Waals surface area contributed by atoms with Gasteiger partial charge in [0.2, 0.25) is 0 Å². The molecule has 120 valence electrons. The van der Waals surface area contributed by atoms with Crippen molar-refractivity contribution in [1.82, 2.24) is 4.98 Å². The van der Waals surface area contributed by atoms with Crippen LogP contribution in [0.3, 0.4) is 0 Å². The number of hydrogen-bond donors (Lipinski definition) is 0. The van der Waals surface area contributed by atoms with E-state index in [1.165, 1.54) is 0 Å². The van der Waals surface area contributed by atoms with Crippen molar-refractivity contribution in [2.75, 3.05) is 4.90 Å². The Bertz CT molecular complexity index is 818. The Hall–Kier alpha value is -2.36. The van der Waals surface area contributed by atoms with Crippen LogP contribution in [-0.4, -0.2) is 10.9 Å². The van der Waals surface area contributed by atoms with E-state index in [0.717, 1.165) is 5.56 Å². The molecule has 5 heteroatoms. The highest BCUT2D eigenvalue weighted by Gasteiger charge is 2.19. The predicted molar refractivity (Wildman–Crippen MR) is 97.7 cm³/mol. The smallest absolute Gasteiger partial charge is 0.259 e. The SMILES string of the molecule is O=C(c1ccc(Cl)cc1)N(Cc1ccc(Cl)cc1)c1ccccn1. The fourth-order valence-electron chi connectivity index (χ4n) is 2.29. The number of benzene rings is 2. The predicted octanol–water partition coefficient (Wildman–Crippen LogP) is 5.24. The summed E-state index contributed by atoms with van der Waals surface area (Å²) in [7, 11) is 0. The Morgan fingerprint density at radius 3 is 2.08 bits per heavy atom. The number of aromatic nitrogens is 1. The van der Waals surface area contributed by atoms with Crippen LogP contribution >= 0.6 is 23.2 Å². The topological polar surface area (TPSA) is 33.2 Å². The second-order valence-corrected chi connectivity index (χ2v) is 6.09. The molecule has 0 spiro atoms. The van der Waals surface area contributed by atoms with Crippen LogP contribution in [0.25, 0.3) is 0 Å². The number of pyridine rings is 1. The zero-order valence-corrected chi connectivity index (χ0v) is 14.2. The van der Waals surface area contributed by atoms with Gasteiger partial charge >= 0.3 is 0 Å². The van der Waals surface area contributed by atoms with Gasteiger partial charge in [-0.15, -0.1) is 0 Å². The van der Waals surface area contributed by atoms with E-state index in [1.807, 2.05) is 30.3 Å². The van der Waals surface area contributed by atoms with Crippen molar-refractivity contribution < 1.29 is 4.79 Å². The molecule has 0 bridgehead atoms. The standard InChI is InChI=1S/C19H14Cl2N2O/c20-16-8-4-14(5-9-16)13-23(18-3-1-2-12-22-18)19(24)15-6-10-17(21)11-7-15/h1-12H,13H2. The zero-order chi connectivity index (χ0) is 16.9. The maximum absolute atomic E-state index is 12.9. The molecule has 0 aliphatic heterocycles. The molecule has 0 saturated heterocycles. The average Bonchev–Trinajstić information content (AvgIpc) is 2.62. The molecule has 3 rings (SSSR count). The minimum absolute atomic E-state index is 0.139. The molecule has 0 aliphatic carbocycles. The number of carbonyl (C=O) groups excluding carboxylic acids is 1. The van der Waals surface area contributed by atoms with E-state index in [9.17, 15) is 4.79 Å². The first-order chi connectivity index (χ1) is 11.6. The monoisotopic (exact) mass is 356 g/mol. The van der Waals surface area contributed by atoms with E-state index in [0.29, 0.717) is 28.0 Å². The van der Waals surface area contributed by atoms with Crippen LogP contribution in [0.5, 0.6) is 0 Å². The van der Waals surface area contributed by atoms with E-state index in [2.05, 4.69) is 4.98 Å². The van der Waals surface area contributed by atoms with Crippen LogP contribution in [0.2, 0.25) is 10.0 Å². The number of hydrogen-bond acceptors (Lipinski definition) is 2. The van der Waals surface area contributed by atoms with Gasteiger partial charge in [-0.2, -0.15) is 0 Å². The van der Waals surface area contributed by atoms with Gasteiger partial charge in [-0.3, -0.25) is 9.69 Å². The summed E-state index contributed by atoms with van der Waals surface area (Å²) in [4.78, 5) is 18.9. The van der Waals surface area contributed by atoms with E-state index in [4.69, 9.17) is 23.2 Å². The lowest BCUT2D eigenvalue weighted by Crippen LogP contribution is -2.31. The Balaban J connectivity index is 1.94. The minimum atomic E-state index is -0.139. The van der Waals surface area contributed by atoms with Gasteiger partial charge in [-0.25, -0.2) is 4.98 Å². The van der Waals surface area contributed by atoms with Gasteiger partial charge in [0, 0.05) is 21.8 Å². The summed E-state index contributed by atoms with van der Waals surface area (Å²) in [6.07, 6.45) is 1.67. The number of halogens is 2. The summed E-state index contributed by atoms with van der Waals surface area (Å²) < 4.78 is 0. The number of rotatable bonds is 4. The lowest BCUT2D eigenvalue weighted by Gasteiger charge is -2.22. The van der Waals surface area contributed by atoms with Crippen molar-refractivity contribution in [3.8, 4) is 0 Å². The summed E-state index contributed by atoms with van der Waals surface area (Å²) in [6.45, 7) is 0.398. The Kier molecular flexibility index (Phi) is 5.14. The maximum Gasteiger partial charge on any atom is 0.259 e. The third-order valence-corrected chi connectivity index (χ3v) is 4.02. The van der Waals surface area contributed by atoms with Crippen LogP contribution in [0.15, 0.2) is 72.9 Å². The van der Waals surface area contributed by atoms with Gasteiger partial charge in [0.25, 0.3) is 5.91 Å². The van der Waals surface area contributed by atoms with Crippen LogP contribution < -0.4 is 4.90 Å². The maximum atomic E-state index is 12.9.